The van der Waals surface area contributed by atoms with E-state index in [0.29, 0.717) is 12.0 Å². The van der Waals surface area contributed by atoms with Gasteiger partial charge in [-0.05, 0) is 31.2 Å². The molecular formula is C10H10O3. The molecule has 2 heterocycles. The van der Waals surface area contributed by atoms with E-state index in [1.807, 2.05) is 19.1 Å². The molecule has 0 bridgehead atoms. The lowest BCUT2D eigenvalue weighted by Crippen LogP contribution is -1.65. The number of aldehydes is 1. The maximum atomic E-state index is 9.77. The summed E-state index contributed by atoms with van der Waals surface area (Å²) in [5.41, 5.74) is 0. The van der Waals surface area contributed by atoms with Gasteiger partial charge in [-0.1, -0.05) is 0 Å². The highest BCUT2D eigenvalue weighted by molar-refractivity contribution is 5.69. The maximum Gasteiger partial charge on any atom is 0.185 e. The number of carbonyl (C=O) groups is 1. The fourth-order valence-electron chi connectivity index (χ4n) is 0.719. The first-order valence-electron chi connectivity index (χ1n) is 3.81. The highest BCUT2D eigenvalue weighted by atomic mass is 16.3. The first-order chi connectivity index (χ1) is 6.33. The summed E-state index contributed by atoms with van der Waals surface area (Å²) in [5, 5.41) is 0. The van der Waals surface area contributed by atoms with Crippen molar-refractivity contribution < 1.29 is 13.6 Å². The summed E-state index contributed by atoms with van der Waals surface area (Å²) in [6.45, 7) is 1.92. The Hall–Kier alpha value is -1.77. The molecule has 0 aliphatic carbocycles. The molecule has 0 spiro atoms. The molecule has 0 amide bonds. The van der Waals surface area contributed by atoms with Gasteiger partial charge in [-0.25, -0.2) is 0 Å². The Labute approximate surface area is 76.0 Å². The van der Waals surface area contributed by atoms with Gasteiger partial charge in [0.15, 0.2) is 12.0 Å². The van der Waals surface area contributed by atoms with E-state index in [0.717, 1.165) is 5.76 Å². The van der Waals surface area contributed by atoms with Gasteiger partial charge in [0, 0.05) is 0 Å². The Morgan fingerprint density at radius 3 is 2.08 bits per heavy atom. The zero-order valence-electron chi connectivity index (χ0n) is 7.27. The maximum absolute atomic E-state index is 9.77. The smallest absolute Gasteiger partial charge is 0.185 e. The number of carbonyl (C=O) groups excluding carboxylic acids is 1. The first-order valence-corrected chi connectivity index (χ1v) is 3.81. The third-order valence-electron chi connectivity index (χ3n) is 1.32. The van der Waals surface area contributed by atoms with Gasteiger partial charge in [-0.15, -0.1) is 0 Å². The van der Waals surface area contributed by atoms with Gasteiger partial charge >= 0.3 is 0 Å². The molecule has 0 fully saturated rings. The molecule has 68 valence electrons. The minimum Gasteiger partial charge on any atom is -0.470 e. The number of hydrogen-bond acceptors (Lipinski definition) is 3. The number of rotatable bonds is 1. The Morgan fingerprint density at radius 2 is 1.85 bits per heavy atom. The molecule has 0 saturated carbocycles. The normalized spacial score (nSPS) is 8.69. The second-order valence-electron chi connectivity index (χ2n) is 2.36. The largest absolute Gasteiger partial charge is 0.470 e. The van der Waals surface area contributed by atoms with Crippen molar-refractivity contribution >= 4 is 6.29 Å². The van der Waals surface area contributed by atoms with Crippen LogP contribution in [0.4, 0.5) is 0 Å². The van der Waals surface area contributed by atoms with E-state index in [1.54, 1.807) is 18.4 Å². The van der Waals surface area contributed by atoms with Crippen molar-refractivity contribution in [1.82, 2.24) is 0 Å². The zero-order chi connectivity index (χ0) is 9.52. The van der Waals surface area contributed by atoms with Gasteiger partial charge < -0.3 is 8.83 Å². The molecule has 2 rings (SSSR count). The summed E-state index contributed by atoms with van der Waals surface area (Å²) in [7, 11) is 0. The molecule has 0 aliphatic heterocycles. The molecule has 0 aromatic carbocycles. The molecule has 0 aliphatic rings. The number of furan rings is 2. The Balaban J connectivity index is 0.000000132. The molecule has 2 aromatic heterocycles. The minimum atomic E-state index is 0.375. The van der Waals surface area contributed by atoms with Gasteiger partial charge in [0.1, 0.15) is 5.76 Å². The standard InChI is InChI=1S/C5H4O2.C5H6O/c6-4-5-2-1-3-7-5;1-5-3-2-4-6-5/h1-4H;2-4H,1H3. The Kier molecular flexibility index (Phi) is 3.57. The average molecular weight is 178 g/mol. The van der Waals surface area contributed by atoms with E-state index in [1.165, 1.54) is 6.26 Å². The second-order valence-corrected chi connectivity index (χ2v) is 2.36. The average Bonchev–Trinajstić information content (AvgIpc) is 2.76. The molecule has 3 heteroatoms. The number of hydrogen-bond donors (Lipinski definition) is 0. The minimum absolute atomic E-state index is 0.375. The van der Waals surface area contributed by atoms with Crippen LogP contribution in [0.15, 0.2) is 45.6 Å². The van der Waals surface area contributed by atoms with Gasteiger partial charge in [0.25, 0.3) is 0 Å². The van der Waals surface area contributed by atoms with Crippen molar-refractivity contribution in [3.63, 3.8) is 0 Å². The van der Waals surface area contributed by atoms with Crippen molar-refractivity contribution in [1.29, 1.82) is 0 Å². The molecule has 13 heavy (non-hydrogen) atoms. The molecular weight excluding hydrogens is 168 g/mol. The van der Waals surface area contributed by atoms with Crippen LogP contribution in [-0.2, 0) is 0 Å². The summed E-state index contributed by atoms with van der Waals surface area (Å²) in [6, 6.07) is 7.06. The van der Waals surface area contributed by atoms with Crippen LogP contribution in [0.25, 0.3) is 0 Å². The lowest BCUT2D eigenvalue weighted by Gasteiger charge is -1.69. The summed E-state index contributed by atoms with van der Waals surface area (Å²) >= 11 is 0. The van der Waals surface area contributed by atoms with Crippen molar-refractivity contribution in [2.24, 2.45) is 0 Å². The fraction of sp³-hybridized carbons (Fsp3) is 0.100. The quantitative estimate of drug-likeness (QED) is 0.630. The molecule has 0 saturated heterocycles. The van der Waals surface area contributed by atoms with E-state index in [9.17, 15) is 4.79 Å². The van der Waals surface area contributed by atoms with Crippen LogP contribution < -0.4 is 0 Å². The Morgan fingerprint density at radius 1 is 1.15 bits per heavy atom. The zero-order valence-corrected chi connectivity index (χ0v) is 7.27. The second kappa shape index (κ2) is 4.98. The molecule has 2 aromatic rings. The summed E-state index contributed by atoms with van der Waals surface area (Å²) in [5.74, 6) is 1.34. The van der Waals surface area contributed by atoms with Gasteiger partial charge in [-0.2, -0.15) is 0 Å². The van der Waals surface area contributed by atoms with Gasteiger partial charge in [0.05, 0.1) is 12.5 Å². The van der Waals surface area contributed by atoms with Crippen LogP contribution in [0.2, 0.25) is 0 Å². The predicted molar refractivity (Wildman–Crippen MR) is 47.5 cm³/mol. The third kappa shape index (κ3) is 3.42. The molecule has 0 radical (unpaired) electrons. The molecule has 0 N–H and O–H groups in total. The molecule has 0 atom stereocenters. The first kappa shape index (κ1) is 9.32. The van der Waals surface area contributed by atoms with Gasteiger partial charge in [-0.3, -0.25) is 4.79 Å². The van der Waals surface area contributed by atoms with Crippen molar-refractivity contribution in [3.8, 4) is 0 Å². The summed E-state index contributed by atoms with van der Waals surface area (Å²) in [6.07, 6.45) is 3.79. The highest BCUT2D eigenvalue weighted by Gasteiger charge is 1.84. The SMILES string of the molecule is Cc1ccco1.O=Cc1ccco1. The van der Waals surface area contributed by atoms with Gasteiger partial charge in [0.2, 0.25) is 0 Å². The molecule has 0 unspecified atom stereocenters. The van der Waals surface area contributed by atoms with Crippen LogP contribution in [0, 0.1) is 6.92 Å². The van der Waals surface area contributed by atoms with E-state index in [2.05, 4.69) is 4.42 Å². The number of aryl methyl sites for hydroxylation is 1. The van der Waals surface area contributed by atoms with E-state index >= 15 is 0 Å². The van der Waals surface area contributed by atoms with Crippen molar-refractivity contribution in [2.75, 3.05) is 0 Å². The lowest BCUT2D eigenvalue weighted by molar-refractivity contribution is 0.110. The monoisotopic (exact) mass is 178 g/mol. The topological polar surface area (TPSA) is 43.4 Å². The predicted octanol–water partition coefficient (Wildman–Crippen LogP) is 2.68. The van der Waals surface area contributed by atoms with Crippen LogP contribution in [0.5, 0.6) is 0 Å². The van der Waals surface area contributed by atoms with E-state index in [-0.39, 0.29) is 0 Å². The fourth-order valence-corrected chi connectivity index (χ4v) is 0.719. The Bertz CT molecular complexity index is 319. The van der Waals surface area contributed by atoms with Crippen LogP contribution in [0.1, 0.15) is 16.3 Å². The third-order valence-corrected chi connectivity index (χ3v) is 1.32. The van der Waals surface area contributed by atoms with Crippen molar-refractivity contribution in [3.05, 3.63) is 48.3 Å². The van der Waals surface area contributed by atoms with E-state index in [4.69, 9.17) is 4.42 Å². The van der Waals surface area contributed by atoms with Crippen LogP contribution >= 0.6 is 0 Å². The lowest BCUT2D eigenvalue weighted by atomic mass is 10.5. The summed E-state index contributed by atoms with van der Waals surface area (Å²) in [4.78, 5) is 9.77. The van der Waals surface area contributed by atoms with Crippen molar-refractivity contribution in [2.45, 2.75) is 6.92 Å². The summed E-state index contributed by atoms with van der Waals surface area (Å²) < 4.78 is 9.45. The molecule has 3 nitrogen and oxygen atoms in total. The highest BCUT2D eigenvalue weighted by Crippen LogP contribution is 1.93. The van der Waals surface area contributed by atoms with Crippen LogP contribution in [-0.4, -0.2) is 6.29 Å². The van der Waals surface area contributed by atoms with Crippen LogP contribution in [0.3, 0.4) is 0 Å². The van der Waals surface area contributed by atoms with E-state index < -0.39 is 0 Å².